The fourth-order valence-corrected chi connectivity index (χ4v) is 2.23. The van der Waals surface area contributed by atoms with Crippen LogP contribution >= 0.6 is 11.8 Å². The lowest BCUT2D eigenvalue weighted by Crippen LogP contribution is -2.17. The van der Waals surface area contributed by atoms with Crippen molar-refractivity contribution in [3.05, 3.63) is 18.3 Å². The fourth-order valence-electron chi connectivity index (χ4n) is 1.50. The smallest absolute Gasteiger partial charge is 0.387 e. The van der Waals surface area contributed by atoms with E-state index in [1.165, 1.54) is 25.1 Å². The number of ether oxygens (including phenoxy) is 1. The van der Waals surface area contributed by atoms with Crippen molar-refractivity contribution in [1.82, 2.24) is 4.98 Å². The molecule has 0 amide bonds. The number of anilines is 1. The van der Waals surface area contributed by atoms with Gasteiger partial charge in [-0.25, -0.2) is 4.98 Å². The summed E-state index contributed by atoms with van der Waals surface area (Å²) in [6.45, 7) is -1.95. The van der Waals surface area contributed by atoms with Crippen molar-refractivity contribution in [2.45, 2.75) is 24.2 Å². The number of nitrogens with one attached hydrogen (secondary N) is 1. The molecule has 1 fully saturated rings. The lowest BCUT2D eigenvalue weighted by molar-refractivity contribution is -0.0500. The molecule has 1 heterocycles. The van der Waals surface area contributed by atoms with Gasteiger partial charge in [0, 0.05) is 11.3 Å². The third kappa shape index (κ3) is 3.46. The molecule has 0 aromatic carbocycles. The lowest BCUT2D eigenvalue weighted by Gasteiger charge is -2.13. The van der Waals surface area contributed by atoms with Crippen LogP contribution in [0.4, 0.5) is 14.6 Å². The van der Waals surface area contributed by atoms with E-state index in [4.69, 9.17) is 0 Å². The van der Waals surface area contributed by atoms with Crippen LogP contribution in [0.25, 0.3) is 0 Å². The summed E-state index contributed by atoms with van der Waals surface area (Å²) in [5.74, 6) is 0.767. The Labute approximate surface area is 103 Å². The molecule has 0 spiro atoms. The van der Waals surface area contributed by atoms with Crippen molar-refractivity contribution < 1.29 is 13.5 Å². The van der Waals surface area contributed by atoms with Crippen molar-refractivity contribution in [3.63, 3.8) is 0 Å². The Morgan fingerprint density at radius 3 is 2.76 bits per heavy atom. The van der Waals surface area contributed by atoms with Crippen molar-refractivity contribution >= 4 is 17.6 Å². The number of pyridine rings is 1. The molecular weight excluding hydrogens is 246 g/mol. The van der Waals surface area contributed by atoms with Crippen LogP contribution in [-0.4, -0.2) is 29.1 Å². The zero-order valence-corrected chi connectivity index (χ0v) is 10.3. The van der Waals surface area contributed by atoms with Crippen LogP contribution in [0.1, 0.15) is 12.8 Å². The second-order valence-corrected chi connectivity index (χ2v) is 5.27. The predicted octanol–water partition coefficient (Wildman–Crippen LogP) is 2.99. The maximum atomic E-state index is 11.9. The van der Waals surface area contributed by atoms with E-state index >= 15 is 0 Å². The monoisotopic (exact) mass is 260 g/mol. The number of nitrogens with zero attached hydrogens (tertiary/aromatic N) is 1. The van der Waals surface area contributed by atoms with Crippen molar-refractivity contribution in [2.75, 3.05) is 18.1 Å². The highest BCUT2D eigenvalue weighted by Gasteiger charge is 2.41. The minimum absolute atomic E-state index is 0.0801. The summed E-state index contributed by atoms with van der Waals surface area (Å²) in [4.78, 5) is 4.02. The van der Waals surface area contributed by atoms with Gasteiger partial charge in [0.1, 0.15) is 11.6 Å². The minimum Gasteiger partial charge on any atom is -0.433 e. The van der Waals surface area contributed by atoms with Gasteiger partial charge >= 0.3 is 6.61 Å². The molecular formula is C11H14F2N2OS. The van der Waals surface area contributed by atoms with Gasteiger partial charge in [0.2, 0.25) is 0 Å². The molecule has 1 aromatic heterocycles. The van der Waals surface area contributed by atoms with Gasteiger partial charge in [0.05, 0.1) is 6.20 Å². The van der Waals surface area contributed by atoms with E-state index in [0.717, 1.165) is 6.54 Å². The molecule has 1 aliphatic carbocycles. The van der Waals surface area contributed by atoms with Crippen LogP contribution in [0.2, 0.25) is 0 Å². The zero-order chi connectivity index (χ0) is 12.3. The predicted molar refractivity (Wildman–Crippen MR) is 64.8 cm³/mol. The third-order valence-corrected chi connectivity index (χ3v) is 4.21. The fraction of sp³-hybridized carbons (Fsp3) is 0.545. The van der Waals surface area contributed by atoms with E-state index in [2.05, 4.69) is 21.3 Å². The maximum absolute atomic E-state index is 11.9. The zero-order valence-electron chi connectivity index (χ0n) is 9.45. The molecule has 1 saturated carbocycles. The van der Waals surface area contributed by atoms with Gasteiger partial charge in [-0.1, -0.05) is 0 Å². The number of aromatic nitrogens is 1. The Kier molecular flexibility index (Phi) is 3.71. The van der Waals surface area contributed by atoms with E-state index in [9.17, 15) is 8.78 Å². The first kappa shape index (κ1) is 12.4. The lowest BCUT2D eigenvalue weighted by atomic mass is 10.4. The molecule has 0 aliphatic heterocycles. The van der Waals surface area contributed by atoms with Crippen molar-refractivity contribution in [1.29, 1.82) is 0 Å². The van der Waals surface area contributed by atoms with Gasteiger partial charge in [-0.15, -0.1) is 0 Å². The van der Waals surface area contributed by atoms with Gasteiger partial charge in [-0.2, -0.15) is 20.5 Å². The van der Waals surface area contributed by atoms with Gasteiger partial charge < -0.3 is 10.1 Å². The Morgan fingerprint density at radius 2 is 2.29 bits per heavy atom. The van der Waals surface area contributed by atoms with E-state index in [0.29, 0.717) is 10.6 Å². The van der Waals surface area contributed by atoms with Crippen LogP contribution in [0.5, 0.6) is 5.75 Å². The van der Waals surface area contributed by atoms with Crippen LogP contribution in [-0.2, 0) is 0 Å². The van der Waals surface area contributed by atoms with Gasteiger partial charge in [0.25, 0.3) is 0 Å². The van der Waals surface area contributed by atoms with Crippen LogP contribution in [0.3, 0.4) is 0 Å². The number of hydrogen-bond donors (Lipinski definition) is 1. The summed E-state index contributed by atoms with van der Waals surface area (Å²) in [6, 6.07) is 3.13. The molecule has 6 heteroatoms. The summed E-state index contributed by atoms with van der Waals surface area (Å²) in [5.41, 5.74) is 0. The average molecular weight is 260 g/mol. The number of rotatable bonds is 6. The van der Waals surface area contributed by atoms with Crippen molar-refractivity contribution in [3.8, 4) is 5.75 Å². The number of hydrogen-bond acceptors (Lipinski definition) is 4. The number of thioether (sulfide) groups is 1. The topological polar surface area (TPSA) is 34.1 Å². The molecule has 1 N–H and O–H groups in total. The molecule has 2 rings (SSSR count). The highest BCUT2D eigenvalue weighted by Crippen LogP contribution is 2.46. The highest BCUT2D eigenvalue weighted by atomic mass is 32.2. The summed E-state index contributed by atoms with van der Waals surface area (Å²) in [5, 5.41) is 3.20. The van der Waals surface area contributed by atoms with Crippen LogP contribution in [0.15, 0.2) is 18.3 Å². The molecule has 0 saturated heterocycles. The Balaban J connectivity index is 1.85. The Hall–Kier alpha value is -1.04. The number of alkyl halides is 2. The Bertz CT molecular complexity index is 368. The highest BCUT2D eigenvalue weighted by molar-refractivity contribution is 8.00. The second kappa shape index (κ2) is 5.08. The van der Waals surface area contributed by atoms with Gasteiger partial charge in [-0.3, -0.25) is 0 Å². The van der Waals surface area contributed by atoms with Gasteiger partial charge in [0.15, 0.2) is 0 Å². The van der Waals surface area contributed by atoms with Crippen LogP contribution < -0.4 is 10.1 Å². The van der Waals surface area contributed by atoms with Crippen molar-refractivity contribution in [2.24, 2.45) is 0 Å². The summed E-state index contributed by atoms with van der Waals surface area (Å²) in [6.07, 6.45) is 5.83. The quantitative estimate of drug-likeness (QED) is 0.852. The molecule has 1 aromatic rings. The standard InChI is InChI=1S/C11H14F2N2OS/c1-17-11(4-5-11)7-15-9-3-2-8(6-14-9)16-10(12)13/h2-3,6,10H,4-5,7H2,1H3,(H,14,15). The molecule has 1 aliphatic rings. The first-order chi connectivity index (χ1) is 8.13. The molecule has 94 valence electrons. The van der Waals surface area contributed by atoms with E-state index in [1.807, 2.05) is 11.8 Å². The minimum atomic E-state index is -2.80. The molecule has 0 radical (unpaired) electrons. The molecule has 17 heavy (non-hydrogen) atoms. The van der Waals surface area contributed by atoms with E-state index in [-0.39, 0.29) is 5.75 Å². The molecule has 0 bridgehead atoms. The molecule has 3 nitrogen and oxygen atoms in total. The number of halogens is 2. The second-order valence-electron chi connectivity index (χ2n) is 4.00. The maximum Gasteiger partial charge on any atom is 0.387 e. The molecule has 0 atom stereocenters. The van der Waals surface area contributed by atoms with E-state index < -0.39 is 6.61 Å². The largest absolute Gasteiger partial charge is 0.433 e. The summed E-state index contributed by atoms with van der Waals surface area (Å²) >= 11 is 1.85. The SMILES string of the molecule is CSC1(CNc2ccc(OC(F)F)cn2)CC1. The molecule has 0 unspecified atom stereocenters. The van der Waals surface area contributed by atoms with E-state index in [1.54, 1.807) is 6.07 Å². The summed E-state index contributed by atoms with van der Waals surface area (Å²) < 4.78 is 28.4. The first-order valence-corrected chi connectivity index (χ1v) is 6.56. The summed E-state index contributed by atoms with van der Waals surface area (Å²) in [7, 11) is 0. The normalized spacial score (nSPS) is 16.9. The van der Waals surface area contributed by atoms with Gasteiger partial charge in [-0.05, 0) is 31.2 Å². The first-order valence-electron chi connectivity index (χ1n) is 5.33. The van der Waals surface area contributed by atoms with Crippen LogP contribution in [0, 0.1) is 0 Å². The average Bonchev–Trinajstić information content (AvgIpc) is 3.08. The Morgan fingerprint density at radius 1 is 1.53 bits per heavy atom. The third-order valence-electron chi connectivity index (χ3n) is 2.79.